The molecule has 0 unspecified atom stereocenters. The number of fused-ring (bicyclic) bond motifs is 1. The fourth-order valence-corrected chi connectivity index (χ4v) is 5.76. The molecule has 1 saturated heterocycles. The Labute approximate surface area is 270 Å². The van der Waals surface area contributed by atoms with Gasteiger partial charge in [-0.05, 0) is 77.5 Å². The van der Waals surface area contributed by atoms with E-state index in [0.29, 0.717) is 45.2 Å². The average Bonchev–Trinajstić information content (AvgIpc) is 3.54. The number of pyridine rings is 1. The Kier molecular flexibility index (Phi) is 8.51. The standard InChI is InChI=1S/C33H29FIN3O7/c1-19-26(44-23-13-14-43-18-23)5-4-6-27(19)45-28-16-29(39)36(2)31-30(28)32(40)37(17-20-7-10-22(42-3)11-8-20)33(41)38(31)25-12-9-21(35)15-24(25)34/h4-12,15-16,23H,13-14,17-18H2,1-3H3/t23-/m1/s1/i33+0. The zero-order valence-electron chi connectivity index (χ0n) is 24.7. The van der Waals surface area contributed by atoms with Gasteiger partial charge < -0.3 is 18.9 Å². The molecule has 1 aliphatic heterocycles. The third-order valence-electron chi connectivity index (χ3n) is 7.75. The Morgan fingerprint density at radius 3 is 2.44 bits per heavy atom. The molecule has 232 valence electrons. The summed E-state index contributed by atoms with van der Waals surface area (Å²) >= 11 is 1.97. The van der Waals surface area contributed by atoms with Crippen LogP contribution in [0.4, 0.5) is 4.39 Å². The molecule has 45 heavy (non-hydrogen) atoms. The van der Waals surface area contributed by atoms with E-state index in [-0.39, 0.29) is 35.1 Å². The first-order valence-electron chi connectivity index (χ1n) is 14.2. The Morgan fingerprint density at radius 1 is 1.00 bits per heavy atom. The van der Waals surface area contributed by atoms with Crippen LogP contribution < -0.4 is 31.0 Å². The van der Waals surface area contributed by atoms with Crippen molar-refractivity contribution < 1.29 is 23.3 Å². The maximum absolute atomic E-state index is 15.5. The molecule has 1 fully saturated rings. The molecule has 6 rings (SSSR count). The highest BCUT2D eigenvalue weighted by molar-refractivity contribution is 14.1. The smallest absolute Gasteiger partial charge is 0.337 e. The fourth-order valence-electron chi connectivity index (χ4n) is 5.31. The number of hydrogen-bond acceptors (Lipinski definition) is 7. The normalized spacial score (nSPS) is 14.6. The van der Waals surface area contributed by atoms with Gasteiger partial charge in [-0.25, -0.2) is 13.8 Å². The molecule has 3 heterocycles. The van der Waals surface area contributed by atoms with Crippen LogP contribution in [0.2, 0.25) is 0 Å². The molecule has 1 atom stereocenters. The summed E-state index contributed by atoms with van der Waals surface area (Å²) in [5.74, 6) is 0.753. The van der Waals surface area contributed by atoms with Crippen LogP contribution >= 0.6 is 22.6 Å². The summed E-state index contributed by atoms with van der Waals surface area (Å²) in [6.07, 6.45) is 0.650. The molecule has 2 aromatic heterocycles. The Morgan fingerprint density at radius 2 is 1.76 bits per heavy atom. The second-order valence-corrected chi connectivity index (χ2v) is 11.9. The lowest BCUT2D eigenvalue weighted by molar-refractivity contribution is 0.140. The quantitative estimate of drug-likeness (QED) is 0.210. The van der Waals surface area contributed by atoms with Crippen molar-refractivity contribution >= 4 is 33.6 Å². The zero-order valence-corrected chi connectivity index (χ0v) is 26.9. The topological polar surface area (TPSA) is 103 Å². The van der Waals surface area contributed by atoms with Crippen molar-refractivity contribution in [1.29, 1.82) is 0 Å². The molecule has 12 heteroatoms. The summed E-state index contributed by atoms with van der Waals surface area (Å²) in [6, 6.07) is 17.7. The van der Waals surface area contributed by atoms with Crippen molar-refractivity contribution in [1.82, 2.24) is 13.7 Å². The van der Waals surface area contributed by atoms with Crippen LogP contribution in [0.15, 0.2) is 81.1 Å². The van der Waals surface area contributed by atoms with Gasteiger partial charge in [-0.3, -0.25) is 18.7 Å². The van der Waals surface area contributed by atoms with Crippen LogP contribution in [0.25, 0.3) is 16.7 Å². The van der Waals surface area contributed by atoms with Crippen molar-refractivity contribution in [2.24, 2.45) is 7.05 Å². The van der Waals surface area contributed by atoms with Crippen LogP contribution in [0.1, 0.15) is 17.5 Å². The van der Waals surface area contributed by atoms with Crippen molar-refractivity contribution in [2.75, 3.05) is 20.3 Å². The minimum absolute atomic E-state index is 0.0712. The van der Waals surface area contributed by atoms with Gasteiger partial charge in [0.15, 0.2) is 0 Å². The summed E-state index contributed by atoms with van der Waals surface area (Å²) in [5.41, 5.74) is -1.02. The van der Waals surface area contributed by atoms with Crippen LogP contribution in [-0.4, -0.2) is 40.1 Å². The molecule has 0 radical (unpaired) electrons. The van der Waals surface area contributed by atoms with Crippen LogP contribution in [0.3, 0.4) is 0 Å². The Bertz CT molecular complexity index is 2100. The van der Waals surface area contributed by atoms with E-state index in [1.165, 1.54) is 32.4 Å². The molecule has 5 aromatic rings. The van der Waals surface area contributed by atoms with Gasteiger partial charge in [-0.2, -0.15) is 0 Å². The van der Waals surface area contributed by atoms with Gasteiger partial charge in [-0.1, -0.05) is 18.2 Å². The molecule has 0 saturated carbocycles. The fraction of sp³-hybridized carbons (Fsp3) is 0.242. The van der Waals surface area contributed by atoms with E-state index in [0.717, 1.165) is 20.1 Å². The molecule has 0 N–H and O–H groups in total. The van der Waals surface area contributed by atoms with Gasteiger partial charge in [0.1, 0.15) is 46.0 Å². The van der Waals surface area contributed by atoms with Gasteiger partial charge in [0, 0.05) is 28.7 Å². The number of aromatic nitrogens is 3. The van der Waals surface area contributed by atoms with Gasteiger partial charge >= 0.3 is 5.69 Å². The lowest BCUT2D eigenvalue weighted by atomic mass is 10.2. The third-order valence-corrected chi connectivity index (χ3v) is 8.42. The van der Waals surface area contributed by atoms with E-state index in [2.05, 4.69) is 0 Å². The van der Waals surface area contributed by atoms with Crippen LogP contribution in [0, 0.1) is 16.3 Å². The lowest BCUT2D eigenvalue weighted by Crippen LogP contribution is -2.42. The largest absolute Gasteiger partial charge is 0.497 e. The minimum Gasteiger partial charge on any atom is -0.497 e. The highest BCUT2D eigenvalue weighted by Gasteiger charge is 2.25. The van der Waals surface area contributed by atoms with Crippen LogP contribution in [0.5, 0.6) is 23.0 Å². The van der Waals surface area contributed by atoms with Crippen molar-refractivity contribution in [3.8, 4) is 28.7 Å². The molecular weight excluding hydrogens is 696 g/mol. The Hall–Kier alpha value is -4.43. The molecule has 3 aromatic carbocycles. The number of rotatable bonds is 8. The van der Waals surface area contributed by atoms with Crippen LogP contribution in [-0.2, 0) is 18.3 Å². The van der Waals surface area contributed by atoms with E-state index in [1.54, 1.807) is 42.5 Å². The van der Waals surface area contributed by atoms with Gasteiger partial charge in [0.2, 0.25) is 0 Å². The summed E-state index contributed by atoms with van der Waals surface area (Å²) in [5, 5.41) is -0.0712. The van der Waals surface area contributed by atoms with Gasteiger partial charge in [0.05, 0.1) is 32.6 Å². The highest BCUT2D eigenvalue weighted by Crippen LogP contribution is 2.34. The Balaban J connectivity index is 1.59. The zero-order chi connectivity index (χ0) is 31.8. The number of halogens is 2. The third kappa shape index (κ3) is 5.87. The highest BCUT2D eigenvalue weighted by atomic mass is 127. The first-order chi connectivity index (χ1) is 21.7. The molecule has 1 aliphatic rings. The number of benzene rings is 3. The second-order valence-electron chi connectivity index (χ2n) is 10.6. The number of methoxy groups -OCH3 is 1. The SMILES string of the molecule is COc1ccc(Cn2c(=O)c3c(Oc4cccc(O[C@@H]5CCOC5)c4C)cc(=O)n(C)c3n(-c3ccc(I)cc3F)[12c]2=O)cc1. The average molecular weight is 726 g/mol. The molecule has 0 bridgehead atoms. The van der Waals surface area contributed by atoms with Crippen molar-refractivity contribution in [3.63, 3.8) is 0 Å². The summed E-state index contributed by atoms with van der Waals surface area (Å²) in [6.45, 7) is 2.77. The maximum atomic E-state index is 15.5. The molecule has 0 amide bonds. The number of ether oxygens (including phenoxy) is 4. The minimum atomic E-state index is -0.819. The first kappa shape index (κ1) is 30.6. The number of nitrogens with zero attached hydrogens (tertiary/aromatic N) is 3. The second kappa shape index (κ2) is 12.5. The molecule has 0 aliphatic carbocycles. The van der Waals surface area contributed by atoms with E-state index < -0.39 is 22.6 Å². The van der Waals surface area contributed by atoms with E-state index in [9.17, 15) is 14.4 Å². The van der Waals surface area contributed by atoms with E-state index in [1.807, 2.05) is 35.6 Å². The van der Waals surface area contributed by atoms with Crippen molar-refractivity contribution in [3.05, 3.63) is 118 Å². The predicted octanol–water partition coefficient (Wildman–Crippen LogP) is 4.92. The summed E-state index contributed by atoms with van der Waals surface area (Å²) in [4.78, 5) is 41.7. The summed E-state index contributed by atoms with van der Waals surface area (Å²) in [7, 11) is 2.96. The predicted molar refractivity (Wildman–Crippen MR) is 175 cm³/mol. The molecule has 10 nitrogen and oxygen atoms in total. The first-order valence-corrected chi connectivity index (χ1v) is 15.2. The van der Waals surface area contributed by atoms with Gasteiger partial charge in [-0.15, -0.1) is 0 Å². The number of hydrogen-bond donors (Lipinski definition) is 0. The number of aryl methyl sites for hydroxylation is 1. The maximum Gasteiger partial charge on any atom is 0.337 e. The lowest BCUT2D eigenvalue weighted by Gasteiger charge is -2.20. The molecular formula is C33H29FIN3O7. The van der Waals surface area contributed by atoms with E-state index in [4.69, 9.17) is 18.9 Å². The summed E-state index contributed by atoms with van der Waals surface area (Å²) < 4.78 is 42.4. The van der Waals surface area contributed by atoms with Crippen molar-refractivity contribution in [2.45, 2.75) is 26.0 Å². The van der Waals surface area contributed by atoms with E-state index >= 15 is 4.39 Å². The monoisotopic (exact) mass is 725 g/mol. The van der Waals surface area contributed by atoms with Gasteiger partial charge in [0.25, 0.3) is 11.1 Å². The molecule has 0 spiro atoms.